The summed E-state index contributed by atoms with van der Waals surface area (Å²) in [6.07, 6.45) is 6.32. The number of amides is 1. The zero-order valence-corrected chi connectivity index (χ0v) is 13.1. The normalized spacial score (nSPS) is 10.3. The number of hydrogen-bond donors (Lipinski definition) is 1. The number of nitrogens with zero attached hydrogens (tertiary/aromatic N) is 3. The van der Waals surface area contributed by atoms with Gasteiger partial charge in [-0.25, -0.2) is 9.97 Å². The van der Waals surface area contributed by atoms with E-state index in [-0.39, 0.29) is 5.91 Å². The zero-order chi connectivity index (χ0) is 16.2. The molecule has 5 nitrogen and oxygen atoms in total. The largest absolute Gasteiger partial charge is 0.322 e. The fraction of sp³-hybridized carbons (Fsp3) is 0.0588. The molecule has 0 unspecified atom stereocenters. The standard InChI is InChI=1S/C17H13ClN4O/c1-11-2-4-14(18)6-16(11)22-17(23)12-3-5-15(21-9-12)13-7-19-10-20-8-13/h2-10H,1H3,(H,22,23). The van der Waals surface area contributed by atoms with Gasteiger partial charge in [0.1, 0.15) is 6.33 Å². The molecule has 1 amide bonds. The van der Waals surface area contributed by atoms with Crippen molar-refractivity contribution in [2.45, 2.75) is 6.92 Å². The number of anilines is 1. The lowest BCUT2D eigenvalue weighted by atomic mass is 10.1. The molecule has 0 bridgehead atoms. The fourth-order valence-electron chi connectivity index (χ4n) is 2.05. The highest BCUT2D eigenvalue weighted by atomic mass is 35.5. The fourth-order valence-corrected chi connectivity index (χ4v) is 2.23. The maximum Gasteiger partial charge on any atom is 0.257 e. The summed E-state index contributed by atoms with van der Waals surface area (Å²) >= 11 is 5.96. The maximum absolute atomic E-state index is 12.3. The number of pyridine rings is 1. The summed E-state index contributed by atoms with van der Waals surface area (Å²) in [5.41, 5.74) is 3.59. The van der Waals surface area contributed by atoms with E-state index in [9.17, 15) is 4.79 Å². The Hall–Kier alpha value is -2.79. The van der Waals surface area contributed by atoms with Crippen molar-refractivity contribution in [1.29, 1.82) is 0 Å². The molecule has 6 heteroatoms. The van der Waals surface area contributed by atoms with Crippen molar-refractivity contribution in [3.8, 4) is 11.3 Å². The van der Waals surface area contributed by atoms with E-state index >= 15 is 0 Å². The second-order valence-corrected chi connectivity index (χ2v) is 5.41. The Bertz CT molecular complexity index is 835. The Kier molecular flexibility index (Phi) is 4.30. The van der Waals surface area contributed by atoms with Crippen LogP contribution in [0.1, 0.15) is 15.9 Å². The van der Waals surface area contributed by atoms with Gasteiger partial charge >= 0.3 is 0 Å². The summed E-state index contributed by atoms with van der Waals surface area (Å²) in [7, 11) is 0. The first-order valence-corrected chi connectivity index (χ1v) is 7.30. The predicted molar refractivity (Wildman–Crippen MR) is 89.4 cm³/mol. The average molecular weight is 325 g/mol. The van der Waals surface area contributed by atoms with Crippen LogP contribution in [0.5, 0.6) is 0 Å². The zero-order valence-electron chi connectivity index (χ0n) is 12.3. The van der Waals surface area contributed by atoms with Crippen LogP contribution < -0.4 is 5.32 Å². The number of carbonyl (C=O) groups excluding carboxylic acids is 1. The molecule has 114 valence electrons. The maximum atomic E-state index is 12.3. The molecule has 0 aliphatic heterocycles. The summed E-state index contributed by atoms with van der Waals surface area (Å²) < 4.78 is 0. The highest BCUT2D eigenvalue weighted by molar-refractivity contribution is 6.31. The first kappa shape index (κ1) is 15.1. The highest BCUT2D eigenvalue weighted by Gasteiger charge is 2.09. The molecule has 3 rings (SSSR count). The van der Waals surface area contributed by atoms with Crippen LogP contribution in [-0.4, -0.2) is 20.9 Å². The first-order chi connectivity index (χ1) is 11.1. The van der Waals surface area contributed by atoms with Gasteiger partial charge in [0.25, 0.3) is 5.91 Å². The van der Waals surface area contributed by atoms with Crippen molar-refractivity contribution in [3.63, 3.8) is 0 Å². The molecule has 0 aliphatic carbocycles. The smallest absolute Gasteiger partial charge is 0.257 e. The minimum atomic E-state index is -0.237. The van der Waals surface area contributed by atoms with E-state index in [0.717, 1.165) is 11.1 Å². The van der Waals surface area contributed by atoms with E-state index in [1.807, 2.05) is 13.0 Å². The summed E-state index contributed by atoms with van der Waals surface area (Å²) in [6.45, 7) is 1.91. The van der Waals surface area contributed by atoms with Crippen molar-refractivity contribution >= 4 is 23.2 Å². The molecule has 0 saturated heterocycles. The molecule has 0 saturated carbocycles. The topological polar surface area (TPSA) is 67.8 Å². The number of benzene rings is 1. The molecular weight excluding hydrogens is 312 g/mol. The van der Waals surface area contributed by atoms with Crippen LogP contribution in [-0.2, 0) is 0 Å². The minimum Gasteiger partial charge on any atom is -0.322 e. The molecule has 1 aromatic carbocycles. The second kappa shape index (κ2) is 6.54. The van der Waals surface area contributed by atoms with Crippen LogP contribution >= 0.6 is 11.6 Å². The number of aromatic nitrogens is 3. The molecule has 3 aromatic rings. The van der Waals surface area contributed by atoms with Gasteiger partial charge in [-0.2, -0.15) is 0 Å². The summed E-state index contributed by atoms with van der Waals surface area (Å²) in [5.74, 6) is -0.237. The lowest BCUT2D eigenvalue weighted by Crippen LogP contribution is -2.13. The molecule has 1 N–H and O–H groups in total. The first-order valence-electron chi connectivity index (χ1n) is 6.92. The van der Waals surface area contributed by atoms with Crippen LogP contribution in [0.3, 0.4) is 0 Å². The Morgan fingerprint density at radius 2 is 1.87 bits per heavy atom. The Morgan fingerprint density at radius 1 is 1.09 bits per heavy atom. The monoisotopic (exact) mass is 324 g/mol. The third-order valence-corrected chi connectivity index (χ3v) is 3.56. The van der Waals surface area contributed by atoms with Crippen LogP contribution in [0.15, 0.2) is 55.2 Å². The van der Waals surface area contributed by atoms with Gasteiger partial charge in [0.05, 0.1) is 11.3 Å². The molecule has 0 spiro atoms. The molecule has 23 heavy (non-hydrogen) atoms. The van der Waals surface area contributed by atoms with Crippen molar-refractivity contribution in [2.75, 3.05) is 5.32 Å². The number of hydrogen-bond acceptors (Lipinski definition) is 4. The van der Waals surface area contributed by atoms with Crippen LogP contribution in [0.2, 0.25) is 5.02 Å². The third kappa shape index (κ3) is 3.52. The number of aryl methyl sites for hydroxylation is 1. The van der Waals surface area contributed by atoms with Crippen molar-refractivity contribution in [1.82, 2.24) is 15.0 Å². The minimum absolute atomic E-state index is 0.237. The lowest BCUT2D eigenvalue weighted by Gasteiger charge is -2.09. The second-order valence-electron chi connectivity index (χ2n) is 4.97. The third-order valence-electron chi connectivity index (χ3n) is 3.33. The Morgan fingerprint density at radius 3 is 2.57 bits per heavy atom. The quantitative estimate of drug-likeness (QED) is 0.796. The molecule has 0 fully saturated rings. The van der Waals surface area contributed by atoms with Crippen LogP contribution in [0.4, 0.5) is 5.69 Å². The van der Waals surface area contributed by atoms with Gasteiger partial charge in [0.2, 0.25) is 0 Å². The highest BCUT2D eigenvalue weighted by Crippen LogP contribution is 2.21. The molecule has 2 heterocycles. The average Bonchev–Trinajstić information content (AvgIpc) is 2.59. The number of rotatable bonds is 3. The molecule has 0 radical (unpaired) electrons. The van der Waals surface area contributed by atoms with Crippen LogP contribution in [0.25, 0.3) is 11.3 Å². The van der Waals surface area contributed by atoms with Gasteiger partial charge in [-0.15, -0.1) is 0 Å². The number of halogens is 1. The van der Waals surface area contributed by atoms with Gasteiger partial charge in [0.15, 0.2) is 0 Å². The van der Waals surface area contributed by atoms with Crippen molar-refractivity contribution in [3.05, 3.63) is 71.4 Å². The summed E-state index contributed by atoms with van der Waals surface area (Å²) in [4.78, 5) is 24.5. The summed E-state index contributed by atoms with van der Waals surface area (Å²) in [6, 6.07) is 8.83. The van der Waals surface area contributed by atoms with Crippen LogP contribution in [0, 0.1) is 6.92 Å². The van der Waals surface area contributed by atoms with E-state index in [4.69, 9.17) is 11.6 Å². The van der Waals surface area contributed by atoms with Gasteiger partial charge in [-0.05, 0) is 36.8 Å². The van der Waals surface area contributed by atoms with E-state index in [1.165, 1.54) is 12.5 Å². The van der Waals surface area contributed by atoms with E-state index < -0.39 is 0 Å². The van der Waals surface area contributed by atoms with Gasteiger partial charge in [-0.1, -0.05) is 17.7 Å². The van der Waals surface area contributed by atoms with E-state index in [0.29, 0.717) is 22.0 Å². The molecule has 0 atom stereocenters. The molecule has 2 aromatic heterocycles. The number of carbonyl (C=O) groups is 1. The predicted octanol–water partition coefficient (Wildman–Crippen LogP) is 3.75. The molecule has 0 aliphatic rings. The Labute approximate surface area is 138 Å². The van der Waals surface area contributed by atoms with Crippen molar-refractivity contribution in [2.24, 2.45) is 0 Å². The Balaban J connectivity index is 1.79. The lowest BCUT2D eigenvalue weighted by molar-refractivity contribution is 0.102. The van der Waals surface area contributed by atoms with E-state index in [2.05, 4.69) is 20.3 Å². The summed E-state index contributed by atoms with van der Waals surface area (Å²) in [5, 5.41) is 3.41. The van der Waals surface area contributed by atoms with E-state index in [1.54, 1.807) is 36.7 Å². The van der Waals surface area contributed by atoms with Gasteiger partial charge in [-0.3, -0.25) is 9.78 Å². The number of nitrogens with one attached hydrogen (secondary N) is 1. The van der Waals surface area contributed by atoms with Gasteiger partial charge in [0, 0.05) is 34.9 Å². The van der Waals surface area contributed by atoms with Crippen molar-refractivity contribution < 1.29 is 4.79 Å². The van der Waals surface area contributed by atoms with Gasteiger partial charge < -0.3 is 5.32 Å². The SMILES string of the molecule is Cc1ccc(Cl)cc1NC(=O)c1ccc(-c2cncnc2)nc1. The molecular formula is C17H13ClN4O.